The molecule has 0 radical (unpaired) electrons. The number of methoxy groups -OCH3 is 1. The number of primary sulfonamides is 1. The molecule has 9 heteroatoms. The first kappa shape index (κ1) is 22.2. The van der Waals surface area contributed by atoms with Gasteiger partial charge in [0.15, 0.2) is 6.10 Å². The lowest BCUT2D eigenvalue weighted by Crippen LogP contribution is -2.47. The number of sulfonamides is 1. The molecule has 1 aromatic rings. The lowest BCUT2D eigenvalue weighted by molar-refractivity contribution is -0.130. The van der Waals surface area contributed by atoms with Crippen molar-refractivity contribution in [3.8, 4) is 5.75 Å². The van der Waals surface area contributed by atoms with Gasteiger partial charge in [-0.05, 0) is 43.4 Å². The smallest absolute Gasteiger partial charge is 0.342 e. The molecule has 0 aromatic heterocycles. The van der Waals surface area contributed by atoms with Crippen molar-refractivity contribution in [1.29, 1.82) is 0 Å². The summed E-state index contributed by atoms with van der Waals surface area (Å²) in [5.41, 5.74) is -0.117. The molecule has 8 nitrogen and oxygen atoms in total. The fourth-order valence-electron chi connectivity index (χ4n) is 3.39. The zero-order valence-electron chi connectivity index (χ0n) is 16.6. The molecule has 1 aliphatic carbocycles. The highest BCUT2D eigenvalue weighted by Gasteiger charge is 2.30. The van der Waals surface area contributed by atoms with Crippen LogP contribution in [0, 0.1) is 11.8 Å². The number of esters is 1. The average molecular weight is 413 g/mol. The standard InChI is InChI=1S/C19H28N2O6S/c1-11-6-5-7-16(12(11)2)21-18(22)13(3)27-19(23)15-10-14(28(20,24)25)8-9-17(15)26-4/h8-13,16H,5-7H2,1-4H3,(H,21,22)(H2,20,24,25)/t11-,12+,13+,16-/m1/s1. The van der Waals surface area contributed by atoms with Gasteiger partial charge in [0.1, 0.15) is 11.3 Å². The summed E-state index contributed by atoms with van der Waals surface area (Å²) in [5.74, 6) is -0.273. The number of hydrogen-bond donors (Lipinski definition) is 2. The van der Waals surface area contributed by atoms with Gasteiger partial charge in [-0.3, -0.25) is 4.79 Å². The molecule has 0 heterocycles. The first-order valence-electron chi connectivity index (χ1n) is 9.26. The lowest BCUT2D eigenvalue weighted by atomic mass is 9.78. The van der Waals surface area contributed by atoms with Crippen LogP contribution in [0.25, 0.3) is 0 Å². The van der Waals surface area contributed by atoms with E-state index >= 15 is 0 Å². The van der Waals surface area contributed by atoms with Gasteiger partial charge in [0.05, 0.1) is 12.0 Å². The summed E-state index contributed by atoms with van der Waals surface area (Å²) in [6.45, 7) is 5.74. The summed E-state index contributed by atoms with van der Waals surface area (Å²) < 4.78 is 33.4. The Morgan fingerprint density at radius 3 is 2.54 bits per heavy atom. The lowest BCUT2D eigenvalue weighted by Gasteiger charge is -2.35. The molecule has 0 bridgehead atoms. The van der Waals surface area contributed by atoms with Gasteiger partial charge in [-0.25, -0.2) is 18.4 Å². The second kappa shape index (κ2) is 8.91. The molecular formula is C19H28N2O6S. The summed E-state index contributed by atoms with van der Waals surface area (Å²) in [6, 6.07) is 3.66. The Balaban J connectivity index is 2.10. The number of ether oxygens (including phenoxy) is 2. The SMILES string of the molecule is COc1ccc(S(N)(=O)=O)cc1C(=O)O[C@@H](C)C(=O)N[C@@H]1CCC[C@@H](C)[C@@H]1C. The molecule has 1 aliphatic rings. The minimum absolute atomic E-state index is 0.0395. The van der Waals surface area contributed by atoms with Crippen LogP contribution in [-0.2, 0) is 19.6 Å². The summed E-state index contributed by atoms with van der Waals surface area (Å²) in [4.78, 5) is 24.7. The van der Waals surface area contributed by atoms with Crippen LogP contribution in [0.2, 0.25) is 0 Å². The largest absolute Gasteiger partial charge is 0.496 e. The van der Waals surface area contributed by atoms with E-state index in [1.165, 1.54) is 26.2 Å². The highest BCUT2D eigenvalue weighted by molar-refractivity contribution is 7.89. The van der Waals surface area contributed by atoms with E-state index in [0.717, 1.165) is 25.3 Å². The Hall–Kier alpha value is -2.13. The van der Waals surface area contributed by atoms with Crippen molar-refractivity contribution >= 4 is 21.9 Å². The van der Waals surface area contributed by atoms with Crippen LogP contribution in [0.4, 0.5) is 0 Å². The van der Waals surface area contributed by atoms with E-state index in [1.807, 2.05) is 0 Å². The third kappa shape index (κ3) is 5.23. The molecular weight excluding hydrogens is 384 g/mol. The predicted molar refractivity (Wildman–Crippen MR) is 103 cm³/mol. The van der Waals surface area contributed by atoms with Gasteiger partial charge in [-0.15, -0.1) is 0 Å². The molecule has 0 spiro atoms. The van der Waals surface area contributed by atoms with Crippen molar-refractivity contribution in [3.05, 3.63) is 23.8 Å². The van der Waals surface area contributed by atoms with Crippen molar-refractivity contribution in [2.24, 2.45) is 17.0 Å². The van der Waals surface area contributed by atoms with Gasteiger partial charge in [0, 0.05) is 6.04 Å². The van der Waals surface area contributed by atoms with Crippen molar-refractivity contribution < 1.29 is 27.5 Å². The van der Waals surface area contributed by atoms with Crippen LogP contribution in [0.1, 0.15) is 50.4 Å². The second-order valence-electron chi connectivity index (χ2n) is 7.34. The van der Waals surface area contributed by atoms with Crippen LogP contribution < -0.4 is 15.2 Å². The van der Waals surface area contributed by atoms with Gasteiger partial charge in [0.2, 0.25) is 10.0 Å². The summed E-state index contributed by atoms with van der Waals surface area (Å²) >= 11 is 0. The van der Waals surface area contributed by atoms with Gasteiger partial charge >= 0.3 is 5.97 Å². The normalized spacial score (nSPS) is 23.5. The zero-order chi connectivity index (χ0) is 21.1. The maximum Gasteiger partial charge on any atom is 0.342 e. The van der Waals surface area contributed by atoms with E-state index in [2.05, 4.69) is 19.2 Å². The highest BCUT2D eigenvalue weighted by atomic mass is 32.2. The van der Waals surface area contributed by atoms with E-state index < -0.39 is 22.1 Å². The van der Waals surface area contributed by atoms with Crippen molar-refractivity contribution in [1.82, 2.24) is 5.32 Å². The van der Waals surface area contributed by atoms with Crippen LogP contribution in [0.5, 0.6) is 5.75 Å². The Bertz CT molecular complexity index is 839. The van der Waals surface area contributed by atoms with Crippen molar-refractivity contribution in [3.63, 3.8) is 0 Å². The van der Waals surface area contributed by atoms with E-state index in [0.29, 0.717) is 11.8 Å². The minimum atomic E-state index is -4.00. The third-order valence-electron chi connectivity index (χ3n) is 5.41. The maximum absolute atomic E-state index is 12.5. The molecule has 1 aromatic carbocycles. The van der Waals surface area contributed by atoms with Gasteiger partial charge < -0.3 is 14.8 Å². The maximum atomic E-state index is 12.5. The topological polar surface area (TPSA) is 125 Å². The monoisotopic (exact) mass is 412 g/mol. The number of rotatable bonds is 6. The molecule has 0 saturated heterocycles. The van der Waals surface area contributed by atoms with Gasteiger partial charge in [-0.2, -0.15) is 0 Å². The first-order chi connectivity index (χ1) is 13.0. The third-order valence-corrected chi connectivity index (χ3v) is 6.32. The van der Waals surface area contributed by atoms with Crippen LogP contribution in [0.15, 0.2) is 23.1 Å². The molecule has 1 saturated carbocycles. The molecule has 1 fully saturated rings. The predicted octanol–water partition coefficient (Wildman–Crippen LogP) is 1.83. The van der Waals surface area contributed by atoms with Gasteiger partial charge in [0.25, 0.3) is 5.91 Å². The Morgan fingerprint density at radius 2 is 1.93 bits per heavy atom. The number of nitrogens with two attached hydrogens (primary N) is 1. The molecule has 2 rings (SSSR count). The van der Waals surface area contributed by atoms with Crippen LogP contribution in [0.3, 0.4) is 0 Å². The number of carbonyl (C=O) groups is 2. The average Bonchev–Trinajstić information content (AvgIpc) is 2.63. The number of benzene rings is 1. The molecule has 1 amide bonds. The number of amides is 1. The number of nitrogens with one attached hydrogen (secondary N) is 1. The summed E-state index contributed by atoms with van der Waals surface area (Å²) in [6.07, 6.45) is 2.03. The van der Waals surface area contributed by atoms with Crippen LogP contribution in [-0.4, -0.2) is 39.5 Å². The van der Waals surface area contributed by atoms with E-state index in [-0.39, 0.29) is 28.2 Å². The Morgan fingerprint density at radius 1 is 1.25 bits per heavy atom. The molecule has 3 N–H and O–H groups in total. The number of carbonyl (C=O) groups excluding carboxylic acids is 2. The quantitative estimate of drug-likeness (QED) is 0.687. The van der Waals surface area contributed by atoms with E-state index in [4.69, 9.17) is 14.6 Å². The Labute approximate surface area is 165 Å². The first-order valence-corrected chi connectivity index (χ1v) is 10.8. The van der Waals surface area contributed by atoms with E-state index in [1.54, 1.807) is 0 Å². The molecule has 156 valence electrons. The number of hydrogen-bond acceptors (Lipinski definition) is 6. The van der Waals surface area contributed by atoms with E-state index in [9.17, 15) is 18.0 Å². The highest BCUT2D eigenvalue weighted by Crippen LogP contribution is 2.29. The Kier molecular flexibility index (Phi) is 7.06. The van der Waals surface area contributed by atoms with Crippen molar-refractivity contribution in [2.75, 3.05) is 7.11 Å². The zero-order valence-corrected chi connectivity index (χ0v) is 17.4. The fourth-order valence-corrected chi connectivity index (χ4v) is 3.93. The van der Waals surface area contributed by atoms with Gasteiger partial charge in [-0.1, -0.05) is 26.7 Å². The van der Waals surface area contributed by atoms with Crippen molar-refractivity contribution in [2.45, 2.75) is 57.1 Å². The molecule has 4 atom stereocenters. The minimum Gasteiger partial charge on any atom is -0.496 e. The second-order valence-corrected chi connectivity index (χ2v) is 8.90. The molecule has 0 aliphatic heterocycles. The summed E-state index contributed by atoms with van der Waals surface area (Å²) in [7, 11) is -2.66. The molecule has 0 unspecified atom stereocenters. The summed E-state index contributed by atoms with van der Waals surface area (Å²) in [5, 5.41) is 8.07. The molecule has 28 heavy (non-hydrogen) atoms. The fraction of sp³-hybridized carbons (Fsp3) is 0.579. The van der Waals surface area contributed by atoms with Crippen LogP contribution >= 0.6 is 0 Å².